The average Bonchev–Trinajstić information content (AvgIpc) is 2.75. The molecule has 0 saturated heterocycles. The van der Waals surface area contributed by atoms with Gasteiger partial charge in [-0.3, -0.25) is 5.10 Å². The minimum atomic E-state index is 0.529. The Kier molecular flexibility index (Phi) is 2.36. The van der Waals surface area contributed by atoms with Gasteiger partial charge in [-0.1, -0.05) is 12.1 Å². The predicted molar refractivity (Wildman–Crippen MR) is 66.0 cm³/mol. The summed E-state index contributed by atoms with van der Waals surface area (Å²) in [5.41, 5.74) is 7.72. The SMILES string of the molecule is Nc1cc(CN2CCOc3ccccc32)[nH]n1. The number of fused-ring (bicyclic) bond motifs is 1. The highest BCUT2D eigenvalue weighted by Crippen LogP contribution is 2.31. The van der Waals surface area contributed by atoms with Gasteiger partial charge in [-0.25, -0.2) is 0 Å². The van der Waals surface area contributed by atoms with Crippen LogP contribution in [-0.4, -0.2) is 23.3 Å². The van der Waals surface area contributed by atoms with Crippen LogP contribution in [0, 0.1) is 0 Å². The maximum Gasteiger partial charge on any atom is 0.145 e. The van der Waals surface area contributed by atoms with Gasteiger partial charge in [0.15, 0.2) is 0 Å². The number of aromatic nitrogens is 2. The van der Waals surface area contributed by atoms with Crippen molar-refractivity contribution in [3.8, 4) is 5.75 Å². The molecule has 5 heteroatoms. The topological polar surface area (TPSA) is 67.2 Å². The predicted octanol–water partition coefficient (Wildman–Crippen LogP) is 1.39. The normalized spacial score (nSPS) is 14.2. The lowest BCUT2D eigenvalue weighted by Gasteiger charge is -2.30. The largest absolute Gasteiger partial charge is 0.490 e. The fourth-order valence-corrected chi connectivity index (χ4v) is 2.06. The third kappa shape index (κ3) is 1.91. The van der Waals surface area contributed by atoms with Crippen molar-refractivity contribution in [1.29, 1.82) is 0 Å². The van der Waals surface area contributed by atoms with E-state index in [0.29, 0.717) is 12.4 Å². The number of rotatable bonds is 2. The summed E-state index contributed by atoms with van der Waals surface area (Å²) in [4.78, 5) is 2.26. The number of nitrogens with two attached hydrogens (primary N) is 1. The van der Waals surface area contributed by atoms with Gasteiger partial charge in [0.05, 0.1) is 24.5 Å². The molecular weight excluding hydrogens is 216 g/mol. The van der Waals surface area contributed by atoms with Gasteiger partial charge in [-0.05, 0) is 12.1 Å². The second-order valence-corrected chi connectivity index (χ2v) is 4.06. The van der Waals surface area contributed by atoms with Crippen LogP contribution in [0.2, 0.25) is 0 Å². The van der Waals surface area contributed by atoms with E-state index in [9.17, 15) is 0 Å². The van der Waals surface area contributed by atoms with E-state index in [2.05, 4.69) is 21.2 Å². The van der Waals surface area contributed by atoms with Crippen LogP contribution in [0.5, 0.6) is 5.75 Å². The number of nitrogens with zero attached hydrogens (tertiary/aromatic N) is 2. The maximum atomic E-state index is 5.60. The minimum absolute atomic E-state index is 0.529. The smallest absolute Gasteiger partial charge is 0.145 e. The van der Waals surface area contributed by atoms with Gasteiger partial charge in [0.1, 0.15) is 18.2 Å². The van der Waals surface area contributed by atoms with E-state index in [4.69, 9.17) is 10.5 Å². The molecule has 0 spiro atoms. The molecule has 3 rings (SSSR count). The molecule has 2 aromatic rings. The van der Waals surface area contributed by atoms with Crippen molar-refractivity contribution >= 4 is 11.5 Å². The summed E-state index contributed by atoms with van der Waals surface area (Å²) in [6.45, 7) is 2.35. The number of hydrogen-bond acceptors (Lipinski definition) is 4. The molecule has 0 aliphatic carbocycles. The van der Waals surface area contributed by atoms with Crippen molar-refractivity contribution in [3.05, 3.63) is 36.0 Å². The zero-order chi connectivity index (χ0) is 11.7. The molecule has 0 amide bonds. The number of aromatic amines is 1. The molecule has 0 radical (unpaired) electrons. The summed E-state index contributed by atoms with van der Waals surface area (Å²) < 4.78 is 5.60. The molecule has 0 bridgehead atoms. The second kappa shape index (κ2) is 4.01. The highest BCUT2D eigenvalue weighted by molar-refractivity contribution is 5.59. The van der Waals surface area contributed by atoms with Crippen molar-refractivity contribution in [3.63, 3.8) is 0 Å². The molecule has 0 saturated carbocycles. The minimum Gasteiger partial charge on any atom is -0.490 e. The fourth-order valence-electron chi connectivity index (χ4n) is 2.06. The van der Waals surface area contributed by atoms with Crippen LogP contribution in [0.15, 0.2) is 30.3 Å². The lowest BCUT2D eigenvalue weighted by molar-refractivity contribution is 0.306. The van der Waals surface area contributed by atoms with Gasteiger partial charge in [0.25, 0.3) is 0 Å². The zero-order valence-electron chi connectivity index (χ0n) is 9.39. The summed E-state index contributed by atoms with van der Waals surface area (Å²) >= 11 is 0. The molecule has 3 N–H and O–H groups in total. The standard InChI is InChI=1S/C12H14N4O/c13-12-7-9(14-15-12)8-16-5-6-17-11-4-2-1-3-10(11)16/h1-4,7H,5-6,8H2,(H3,13,14,15). The van der Waals surface area contributed by atoms with Crippen LogP contribution in [0.1, 0.15) is 5.69 Å². The first-order valence-corrected chi connectivity index (χ1v) is 5.59. The summed E-state index contributed by atoms with van der Waals surface area (Å²) in [5, 5.41) is 6.86. The van der Waals surface area contributed by atoms with Gasteiger partial charge in [0.2, 0.25) is 0 Å². The first kappa shape index (κ1) is 10.0. The molecule has 1 aliphatic rings. The van der Waals surface area contributed by atoms with Crippen LogP contribution in [0.4, 0.5) is 11.5 Å². The van der Waals surface area contributed by atoms with E-state index in [-0.39, 0.29) is 0 Å². The van der Waals surface area contributed by atoms with Crippen molar-refractivity contribution in [2.75, 3.05) is 23.8 Å². The number of nitrogen functional groups attached to an aromatic ring is 1. The van der Waals surface area contributed by atoms with E-state index in [1.165, 1.54) is 0 Å². The average molecular weight is 230 g/mol. The van der Waals surface area contributed by atoms with E-state index in [1.54, 1.807) is 0 Å². The molecule has 0 fully saturated rings. The van der Waals surface area contributed by atoms with Gasteiger partial charge in [-0.2, -0.15) is 5.10 Å². The molecule has 1 aromatic carbocycles. The molecule has 0 unspecified atom stereocenters. The monoisotopic (exact) mass is 230 g/mol. The Hall–Kier alpha value is -2.17. The van der Waals surface area contributed by atoms with Crippen molar-refractivity contribution in [2.45, 2.75) is 6.54 Å². The number of ether oxygens (including phenoxy) is 1. The Morgan fingerprint density at radius 2 is 2.29 bits per heavy atom. The summed E-state index contributed by atoms with van der Waals surface area (Å²) in [7, 11) is 0. The molecule has 1 aromatic heterocycles. The van der Waals surface area contributed by atoms with E-state index in [1.807, 2.05) is 24.3 Å². The summed E-state index contributed by atoms with van der Waals surface area (Å²) in [6, 6.07) is 9.91. The van der Waals surface area contributed by atoms with E-state index in [0.717, 1.165) is 30.2 Å². The quantitative estimate of drug-likeness (QED) is 0.818. The van der Waals surface area contributed by atoms with Gasteiger partial charge < -0.3 is 15.4 Å². The van der Waals surface area contributed by atoms with Gasteiger partial charge in [-0.15, -0.1) is 0 Å². The zero-order valence-corrected chi connectivity index (χ0v) is 9.39. The van der Waals surface area contributed by atoms with Crippen LogP contribution in [-0.2, 0) is 6.54 Å². The Bertz CT molecular complexity index is 523. The maximum absolute atomic E-state index is 5.60. The Balaban J connectivity index is 1.85. The van der Waals surface area contributed by atoms with Crippen molar-refractivity contribution in [2.24, 2.45) is 0 Å². The third-order valence-electron chi connectivity index (χ3n) is 2.84. The first-order chi connectivity index (χ1) is 8.33. The molecule has 2 heterocycles. The molecule has 88 valence electrons. The summed E-state index contributed by atoms with van der Waals surface area (Å²) in [6.07, 6.45) is 0. The second-order valence-electron chi connectivity index (χ2n) is 4.06. The molecule has 0 atom stereocenters. The Morgan fingerprint density at radius 3 is 3.12 bits per heavy atom. The highest BCUT2D eigenvalue weighted by atomic mass is 16.5. The van der Waals surface area contributed by atoms with Crippen LogP contribution in [0.25, 0.3) is 0 Å². The Morgan fingerprint density at radius 1 is 1.41 bits per heavy atom. The number of benzene rings is 1. The number of hydrogen-bond donors (Lipinski definition) is 2. The highest BCUT2D eigenvalue weighted by Gasteiger charge is 2.17. The molecule has 17 heavy (non-hydrogen) atoms. The summed E-state index contributed by atoms with van der Waals surface area (Å²) in [5.74, 6) is 1.47. The Labute approximate surface area is 99.2 Å². The van der Waals surface area contributed by atoms with E-state index < -0.39 is 0 Å². The van der Waals surface area contributed by atoms with Crippen LogP contribution in [0.3, 0.4) is 0 Å². The number of H-pyrrole nitrogens is 1. The lowest BCUT2D eigenvalue weighted by atomic mass is 10.2. The van der Waals surface area contributed by atoms with Gasteiger partial charge in [0, 0.05) is 6.07 Å². The third-order valence-corrected chi connectivity index (χ3v) is 2.84. The van der Waals surface area contributed by atoms with Gasteiger partial charge >= 0.3 is 0 Å². The number of nitrogens with one attached hydrogen (secondary N) is 1. The number of para-hydroxylation sites is 2. The fraction of sp³-hybridized carbons (Fsp3) is 0.250. The number of anilines is 2. The molecule has 1 aliphatic heterocycles. The van der Waals surface area contributed by atoms with E-state index >= 15 is 0 Å². The molecular formula is C12H14N4O. The first-order valence-electron chi connectivity index (χ1n) is 5.59. The van der Waals surface area contributed by atoms with Crippen molar-refractivity contribution < 1.29 is 4.74 Å². The van der Waals surface area contributed by atoms with Crippen LogP contribution < -0.4 is 15.4 Å². The lowest BCUT2D eigenvalue weighted by Crippen LogP contribution is -2.32. The molecule has 5 nitrogen and oxygen atoms in total. The van der Waals surface area contributed by atoms with Crippen molar-refractivity contribution in [1.82, 2.24) is 10.2 Å². The van der Waals surface area contributed by atoms with Crippen LogP contribution >= 0.6 is 0 Å².